The lowest BCUT2D eigenvalue weighted by Gasteiger charge is -2.07. The number of esters is 2. The third-order valence-corrected chi connectivity index (χ3v) is 2.84. The molecule has 0 saturated carbocycles. The van der Waals surface area contributed by atoms with Gasteiger partial charge in [0.25, 0.3) is 0 Å². The summed E-state index contributed by atoms with van der Waals surface area (Å²) in [5.41, 5.74) is 0.919. The van der Waals surface area contributed by atoms with Crippen LogP contribution in [0.4, 0.5) is 0 Å². The lowest BCUT2D eigenvalue weighted by atomic mass is 10.2. The van der Waals surface area contributed by atoms with Gasteiger partial charge in [0.15, 0.2) is 6.61 Å². The second-order valence-corrected chi connectivity index (χ2v) is 4.82. The smallest absolute Gasteiger partial charge is 0.344 e. The number of rotatable bonds is 11. The van der Waals surface area contributed by atoms with Crippen molar-refractivity contribution in [2.24, 2.45) is 0 Å². The molecule has 7 nitrogen and oxygen atoms in total. The predicted molar refractivity (Wildman–Crippen MR) is 84.3 cm³/mol. The monoisotopic (exact) mass is 336 g/mol. The van der Waals surface area contributed by atoms with Crippen LogP contribution in [0.5, 0.6) is 0 Å². The van der Waals surface area contributed by atoms with E-state index in [1.165, 1.54) is 0 Å². The molecule has 0 bridgehead atoms. The predicted octanol–water partition coefficient (Wildman–Crippen LogP) is 1.36. The number of aliphatic carboxylic acids is 1. The van der Waals surface area contributed by atoms with E-state index in [0.29, 0.717) is 6.61 Å². The molecule has 0 atom stereocenters. The van der Waals surface area contributed by atoms with Crippen LogP contribution in [0.3, 0.4) is 0 Å². The summed E-state index contributed by atoms with van der Waals surface area (Å²) in [6, 6.07) is 9.83. The average Bonchev–Trinajstić information content (AvgIpc) is 2.56. The third-order valence-electron chi connectivity index (χ3n) is 2.84. The Morgan fingerprint density at radius 3 is 2.38 bits per heavy atom. The maximum Gasteiger partial charge on any atom is 0.344 e. The molecule has 0 fully saturated rings. The standard InChI is InChI=1S/C17H20O7/c1-13(11-15(18)19)17(21)24-12-16(20)23-10-9-22-8-7-14-5-3-2-4-6-14/h2-6H,1,7-12H2,(H,18,19). The zero-order valence-corrected chi connectivity index (χ0v) is 13.2. The highest BCUT2D eigenvalue weighted by molar-refractivity contribution is 5.93. The first-order valence-corrected chi connectivity index (χ1v) is 7.33. The maximum absolute atomic E-state index is 11.3. The Balaban J connectivity index is 2.04. The molecule has 1 aromatic carbocycles. The lowest BCUT2D eigenvalue weighted by Crippen LogP contribution is -2.20. The zero-order valence-electron chi connectivity index (χ0n) is 13.2. The van der Waals surface area contributed by atoms with Crippen molar-refractivity contribution in [3.05, 3.63) is 48.0 Å². The third kappa shape index (κ3) is 8.70. The number of ether oxygens (including phenoxy) is 3. The van der Waals surface area contributed by atoms with Crippen LogP contribution >= 0.6 is 0 Å². The van der Waals surface area contributed by atoms with Crippen LogP contribution < -0.4 is 0 Å². The molecule has 1 rings (SSSR count). The van der Waals surface area contributed by atoms with Crippen molar-refractivity contribution in [3.63, 3.8) is 0 Å². The number of carbonyl (C=O) groups excluding carboxylic acids is 2. The van der Waals surface area contributed by atoms with Crippen molar-refractivity contribution in [1.29, 1.82) is 0 Å². The van der Waals surface area contributed by atoms with Crippen LogP contribution in [0, 0.1) is 0 Å². The van der Waals surface area contributed by atoms with E-state index in [-0.39, 0.29) is 18.8 Å². The Bertz CT molecular complexity index is 566. The summed E-state index contributed by atoms with van der Waals surface area (Å²) in [6.07, 6.45) is 0.223. The van der Waals surface area contributed by atoms with E-state index in [2.05, 4.69) is 11.3 Å². The van der Waals surface area contributed by atoms with Gasteiger partial charge >= 0.3 is 17.9 Å². The van der Waals surface area contributed by atoms with E-state index in [1.807, 2.05) is 30.3 Å². The van der Waals surface area contributed by atoms with Crippen molar-refractivity contribution in [2.75, 3.05) is 26.4 Å². The Labute approximate surface area is 139 Å². The summed E-state index contributed by atoms with van der Waals surface area (Å²) in [6.45, 7) is 3.45. The van der Waals surface area contributed by atoms with Gasteiger partial charge in [-0.15, -0.1) is 0 Å². The number of carbonyl (C=O) groups is 3. The minimum Gasteiger partial charge on any atom is -0.481 e. The summed E-state index contributed by atoms with van der Waals surface area (Å²) in [7, 11) is 0. The molecule has 0 aliphatic heterocycles. The van der Waals surface area contributed by atoms with Crippen LogP contribution in [-0.2, 0) is 35.0 Å². The molecule has 0 saturated heterocycles. The van der Waals surface area contributed by atoms with Gasteiger partial charge in [-0.05, 0) is 12.0 Å². The highest BCUT2D eigenvalue weighted by atomic mass is 16.6. The fourth-order valence-electron chi connectivity index (χ4n) is 1.67. The second-order valence-electron chi connectivity index (χ2n) is 4.82. The molecular formula is C17H20O7. The minimum atomic E-state index is -1.20. The van der Waals surface area contributed by atoms with Crippen LogP contribution in [0.15, 0.2) is 42.5 Å². The summed E-state index contributed by atoms with van der Waals surface area (Å²) < 4.78 is 14.7. The van der Waals surface area contributed by atoms with Crippen LogP contribution in [0.1, 0.15) is 12.0 Å². The summed E-state index contributed by atoms with van der Waals surface area (Å²) >= 11 is 0. The topological polar surface area (TPSA) is 99.1 Å². The SMILES string of the molecule is C=C(CC(=O)O)C(=O)OCC(=O)OCCOCCc1ccccc1. The molecule has 1 N–H and O–H groups in total. The number of benzene rings is 1. The average molecular weight is 336 g/mol. The van der Waals surface area contributed by atoms with E-state index >= 15 is 0 Å². The van der Waals surface area contributed by atoms with E-state index < -0.39 is 30.9 Å². The van der Waals surface area contributed by atoms with E-state index in [0.717, 1.165) is 12.0 Å². The van der Waals surface area contributed by atoms with E-state index in [4.69, 9.17) is 14.6 Å². The summed E-state index contributed by atoms with van der Waals surface area (Å²) in [4.78, 5) is 33.1. The molecule has 0 radical (unpaired) electrons. The largest absolute Gasteiger partial charge is 0.481 e. The Morgan fingerprint density at radius 2 is 1.71 bits per heavy atom. The van der Waals surface area contributed by atoms with Crippen LogP contribution in [-0.4, -0.2) is 49.4 Å². The first-order chi connectivity index (χ1) is 11.5. The van der Waals surface area contributed by atoms with Gasteiger partial charge in [-0.25, -0.2) is 9.59 Å². The van der Waals surface area contributed by atoms with Crippen molar-refractivity contribution in [1.82, 2.24) is 0 Å². The fourth-order valence-corrected chi connectivity index (χ4v) is 1.67. The molecule has 130 valence electrons. The summed E-state index contributed by atoms with van der Waals surface area (Å²) in [5, 5.41) is 8.50. The maximum atomic E-state index is 11.3. The van der Waals surface area contributed by atoms with Crippen molar-refractivity contribution < 1.29 is 33.7 Å². The molecule has 7 heteroatoms. The highest BCUT2D eigenvalue weighted by Crippen LogP contribution is 2.01. The molecule has 0 spiro atoms. The van der Waals surface area contributed by atoms with Crippen molar-refractivity contribution in [3.8, 4) is 0 Å². The molecular weight excluding hydrogens is 316 g/mol. The molecule has 0 aromatic heterocycles. The lowest BCUT2D eigenvalue weighted by molar-refractivity contribution is -0.157. The fraction of sp³-hybridized carbons (Fsp3) is 0.353. The molecule has 0 aliphatic carbocycles. The van der Waals surface area contributed by atoms with Crippen molar-refractivity contribution in [2.45, 2.75) is 12.8 Å². The van der Waals surface area contributed by atoms with Gasteiger partial charge in [0.1, 0.15) is 6.61 Å². The Morgan fingerprint density at radius 1 is 1.00 bits per heavy atom. The van der Waals surface area contributed by atoms with Crippen molar-refractivity contribution >= 4 is 17.9 Å². The number of hydrogen-bond donors (Lipinski definition) is 1. The first kappa shape index (κ1) is 19.4. The quantitative estimate of drug-likeness (QED) is 0.370. The van der Waals surface area contributed by atoms with Gasteiger partial charge in [0, 0.05) is 5.57 Å². The molecule has 1 aromatic rings. The van der Waals surface area contributed by atoms with Crippen LogP contribution in [0.2, 0.25) is 0 Å². The van der Waals surface area contributed by atoms with E-state index in [9.17, 15) is 14.4 Å². The van der Waals surface area contributed by atoms with Gasteiger partial charge in [0.2, 0.25) is 0 Å². The van der Waals surface area contributed by atoms with Gasteiger partial charge in [0.05, 0.1) is 19.6 Å². The molecule has 24 heavy (non-hydrogen) atoms. The van der Waals surface area contributed by atoms with Gasteiger partial charge in [-0.2, -0.15) is 0 Å². The molecule has 0 unspecified atom stereocenters. The number of hydrogen-bond acceptors (Lipinski definition) is 6. The molecule has 0 aliphatic rings. The Kier molecular flexibility index (Phi) is 8.85. The first-order valence-electron chi connectivity index (χ1n) is 7.33. The van der Waals surface area contributed by atoms with Gasteiger partial charge in [-0.3, -0.25) is 4.79 Å². The minimum absolute atomic E-state index is 0.0429. The number of carboxylic acid groups (broad SMARTS) is 1. The zero-order chi connectivity index (χ0) is 17.8. The second kappa shape index (κ2) is 11.0. The summed E-state index contributed by atoms with van der Waals surface area (Å²) in [5.74, 6) is -2.88. The van der Waals surface area contributed by atoms with Gasteiger partial charge < -0.3 is 19.3 Å². The molecule has 0 amide bonds. The Hall–Kier alpha value is -2.67. The molecule has 0 heterocycles. The highest BCUT2D eigenvalue weighted by Gasteiger charge is 2.14. The normalized spacial score (nSPS) is 10.0. The van der Waals surface area contributed by atoms with Gasteiger partial charge in [-0.1, -0.05) is 36.9 Å². The number of carboxylic acids is 1. The van der Waals surface area contributed by atoms with E-state index in [1.54, 1.807) is 0 Å². The van der Waals surface area contributed by atoms with Crippen LogP contribution in [0.25, 0.3) is 0 Å².